The lowest BCUT2D eigenvalue weighted by Crippen LogP contribution is -2.59. The quantitative estimate of drug-likeness (QED) is 0.580. The lowest BCUT2D eigenvalue weighted by molar-refractivity contribution is -0.203. The van der Waals surface area contributed by atoms with Crippen molar-refractivity contribution in [3.05, 3.63) is 0 Å². The SMILES string of the molecule is NCCCCC(N)(C(=O)O)C(F)(F)F. The zero-order valence-corrected chi connectivity index (χ0v) is 7.47. The van der Waals surface area contributed by atoms with E-state index in [9.17, 15) is 18.0 Å². The molecule has 0 fully saturated rings. The second-order valence-electron chi connectivity index (χ2n) is 3.02. The average Bonchev–Trinajstić information content (AvgIpc) is 2.02. The summed E-state index contributed by atoms with van der Waals surface area (Å²) in [6, 6.07) is 0. The molecule has 84 valence electrons. The van der Waals surface area contributed by atoms with E-state index in [-0.39, 0.29) is 13.0 Å². The Hall–Kier alpha value is -0.820. The van der Waals surface area contributed by atoms with Gasteiger partial charge >= 0.3 is 12.1 Å². The molecule has 0 saturated carbocycles. The molecule has 0 aromatic carbocycles. The van der Waals surface area contributed by atoms with E-state index in [1.165, 1.54) is 0 Å². The van der Waals surface area contributed by atoms with Crippen molar-refractivity contribution in [1.29, 1.82) is 0 Å². The van der Waals surface area contributed by atoms with Gasteiger partial charge in [0.05, 0.1) is 0 Å². The number of rotatable bonds is 5. The fraction of sp³-hybridized carbons (Fsp3) is 0.857. The van der Waals surface area contributed by atoms with Crippen molar-refractivity contribution in [2.24, 2.45) is 11.5 Å². The van der Waals surface area contributed by atoms with E-state index in [1.54, 1.807) is 0 Å². The fourth-order valence-electron chi connectivity index (χ4n) is 0.918. The highest BCUT2D eigenvalue weighted by atomic mass is 19.4. The molecule has 0 bridgehead atoms. The zero-order valence-electron chi connectivity index (χ0n) is 7.47. The molecule has 0 radical (unpaired) electrons. The maximum Gasteiger partial charge on any atom is 0.417 e. The molecule has 0 saturated heterocycles. The molecular formula is C7H13F3N2O2. The Balaban J connectivity index is 4.50. The molecule has 0 aliphatic rings. The first-order valence-electron chi connectivity index (χ1n) is 4.05. The standard InChI is InChI=1S/C7H13F3N2O2/c8-7(9,10)6(12,5(13)14)3-1-2-4-11/h1-4,11-12H2,(H,13,14). The van der Waals surface area contributed by atoms with E-state index in [0.29, 0.717) is 6.42 Å². The Morgan fingerprint density at radius 3 is 2.07 bits per heavy atom. The highest BCUT2D eigenvalue weighted by molar-refractivity contribution is 5.79. The minimum atomic E-state index is -4.94. The Labute approximate surface area is 79.1 Å². The largest absolute Gasteiger partial charge is 0.480 e. The van der Waals surface area contributed by atoms with Gasteiger partial charge in [0.1, 0.15) is 0 Å². The van der Waals surface area contributed by atoms with E-state index < -0.39 is 24.1 Å². The predicted octanol–water partition coefficient (Wildman–Crippen LogP) is 0.460. The van der Waals surface area contributed by atoms with Gasteiger partial charge in [0, 0.05) is 0 Å². The van der Waals surface area contributed by atoms with Crippen LogP contribution in [0.4, 0.5) is 13.2 Å². The smallest absolute Gasteiger partial charge is 0.417 e. The van der Waals surface area contributed by atoms with Gasteiger partial charge in [-0.05, 0) is 25.8 Å². The lowest BCUT2D eigenvalue weighted by Gasteiger charge is -2.27. The number of carboxylic acids is 1. The number of halogens is 3. The van der Waals surface area contributed by atoms with Crippen molar-refractivity contribution in [2.75, 3.05) is 6.54 Å². The topological polar surface area (TPSA) is 89.3 Å². The van der Waals surface area contributed by atoms with Crippen LogP contribution in [0, 0.1) is 0 Å². The molecule has 7 heteroatoms. The van der Waals surface area contributed by atoms with Crippen molar-refractivity contribution in [3.8, 4) is 0 Å². The van der Waals surface area contributed by atoms with Gasteiger partial charge in [0.25, 0.3) is 0 Å². The summed E-state index contributed by atoms with van der Waals surface area (Å²) in [6.07, 6.45) is -5.22. The molecule has 1 atom stereocenters. The van der Waals surface area contributed by atoms with Gasteiger partial charge in [0.15, 0.2) is 0 Å². The van der Waals surface area contributed by atoms with Gasteiger partial charge in [-0.25, -0.2) is 4.79 Å². The maximum atomic E-state index is 12.2. The molecule has 0 aromatic heterocycles. The van der Waals surface area contributed by atoms with E-state index in [1.807, 2.05) is 0 Å². The molecule has 0 aliphatic heterocycles. The molecular weight excluding hydrogens is 201 g/mol. The van der Waals surface area contributed by atoms with Crippen LogP contribution in [-0.2, 0) is 4.79 Å². The van der Waals surface area contributed by atoms with Crippen LogP contribution in [0.25, 0.3) is 0 Å². The Bertz CT molecular complexity index is 208. The summed E-state index contributed by atoms with van der Waals surface area (Å²) >= 11 is 0. The third-order valence-corrected chi connectivity index (χ3v) is 1.91. The second kappa shape index (κ2) is 4.61. The summed E-state index contributed by atoms with van der Waals surface area (Å²) in [4.78, 5) is 10.4. The summed E-state index contributed by atoms with van der Waals surface area (Å²) in [5, 5.41) is 8.39. The van der Waals surface area contributed by atoms with Gasteiger partial charge in [0.2, 0.25) is 5.54 Å². The van der Waals surface area contributed by atoms with E-state index in [4.69, 9.17) is 16.6 Å². The van der Waals surface area contributed by atoms with Gasteiger partial charge in [-0.1, -0.05) is 0 Å². The number of aliphatic carboxylic acids is 1. The van der Waals surface area contributed by atoms with Crippen LogP contribution in [-0.4, -0.2) is 29.3 Å². The first-order valence-corrected chi connectivity index (χ1v) is 4.05. The van der Waals surface area contributed by atoms with Crippen LogP contribution in [0.15, 0.2) is 0 Å². The van der Waals surface area contributed by atoms with Crippen LogP contribution in [0.3, 0.4) is 0 Å². The molecule has 0 aliphatic carbocycles. The molecule has 0 rings (SSSR count). The van der Waals surface area contributed by atoms with Crippen molar-refractivity contribution < 1.29 is 23.1 Å². The molecule has 0 spiro atoms. The highest BCUT2D eigenvalue weighted by Crippen LogP contribution is 2.32. The monoisotopic (exact) mass is 214 g/mol. The van der Waals surface area contributed by atoms with Gasteiger partial charge < -0.3 is 16.6 Å². The van der Waals surface area contributed by atoms with Crippen LogP contribution >= 0.6 is 0 Å². The lowest BCUT2D eigenvalue weighted by atomic mass is 9.93. The van der Waals surface area contributed by atoms with Crippen LogP contribution in [0.5, 0.6) is 0 Å². The van der Waals surface area contributed by atoms with Crippen molar-refractivity contribution in [2.45, 2.75) is 31.0 Å². The summed E-state index contributed by atoms with van der Waals surface area (Å²) in [5.74, 6) is -2.05. The Morgan fingerprint density at radius 2 is 1.79 bits per heavy atom. The number of nitrogens with two attached hydrogens (primary N) is 2. The van der Waals surface area contributed by atoms with Gasteiger partial charge in [-0.3, -0.25) is 0 Å². The zero-order chi connectivity index (χ0) is 11.4. The first kappa shape index (κ1) is 13.2. The number of alkyl halides is 3. The molecule has 14 heavy (non-hydrogen) atoms. The number of hydrogen-bond acceptors (Lipinski definition) is 3. The van der Waals surface area contributed by atoms with E-state index in [2.05, 4.69) is 0 Å². The molecule has 0 aromatic rings. The summed E-state index contributed by atoms with van der Waals surface area (Å²) in [5.41, 5.74) is 6.72. The molecule has 5 N–H and O–H groups in total. The van der Waals surface area contributed by atoms with Crippen LogP contribution in [0.2, 0.25) is 0 Å². The second-order valence-corrected chi connectivity index (χ2v) is 3.02. The minimum Gasteiger partial charge on any atom is -0.480 e. The van der Waals surface area contributed by atoms with Gasteiger partial charge in [-0.15, -0.1) is 0 Å². The summed E-state index contributed by atoms with van der Waals surface area (Å²) in [6.45, 7) is 0.216. The van der Waals surface area contributed by atoms with Crippen LogP contribution in [0.1, 0.15) is 19.3 Å². The van der Waals surface area contributed by atoms with Crippen LogP contribution < -0.4 is 11.5 Å². The normalized spacial score (nSPS) is 16.4. The Kier molecular flexibility index (Phi) is 4.34. The number of carbonyl (C=O) groups is 1. The summed E-state index contributed by atoms with van der Waals surface area (Å²) in [7, 11) is 0. The fourth-order valence-corrected chi connectivity index (χ4v) is 0.918. The first-order chi connectivity index (χ1) is 6.25. The third-order valence-electron chi connectivity index (χ3n) is 1.91. The van der Waals surface area contributed by atoms with Crippen molar-refractivity contribution >= 4 is 5.97 Å². The van der Waals surface area contributed by atoms with E-state index >= 15 is 0 Å². The number of unbranched alkanes of at least 4 members (excludes halogenated alkanes) is 1. The maximum absolute atomic E-state index is 12.2. The third kappa shape index (κ3) is 2.85. The predicted molar refractivity (Wildman–Crippen MR) is 43.5 cm³/mol. The van der Waals surface area contributed by atoms with Gasteiger partial charge in [-0.2, -0.15) is 13.2 Å². The molecule has 0 heterocycles. The van der Waals surface area contributed by atoms with Crippen molar-refractivity contribution in [3.63, 3.8) is 0 Å². The Morgan fingerprint density at radius 1 is 1.29 bits per heavy atom. The highest BCUT2D eigenvalue weighted by Gasteiger charge is 2.57. The average molecular weight is 214 g/mol. The van der Waals surface area contributed by atoms with Crippen molar-refractivity contribution in [1.82, 2.24) is 0 Å². The molecule has 0 amide bonds. The molecule has 1 unspecified atom stereocenters. The number of carboxylic acid groups (broad SMARTS) is 1. The minimum absolute atomic E-state index is 0.0405. The van der Waals surface area contributed by atoms with E-state index in [0.717, 1.165) is 0 Å². The number of hydrogen-bond donors (Lipinski definition) is 3. The molecule has 4 nitrogen and oxygen atoms in total. The summed E-state index contributed by atoms with van der Waals surface area (Å²) < 4.78 is 36.7.